The average Bonchev–Trinajstić information content (AvgIpc) is 2.66. The highest BCUT2D eigenvalue weighted by atomic mass is 32.2. The number of rotatable bonds is 8. The molecule has 0 N–H and O–H groups in total. The standard InChI is InChI=1S/C20H34N2O3S/c1-2-3-4-6-9-16-12-14-18(15-13-16)26(24,25)20(22-21)19(23)17-10-7-5-8-11-17/h16-18H,2-15H2,1H3. The molecule has 0 radical (unpaired) electrons. The number of sulfone groups is 1. The summed E-state index contributed by atoms with van der Waals surface area (Å²) in [6, 6.07) is 0. The number of unbranched alkanes of at least 4 members (excludes halogenated alkanes) is 3. The van der Waals surface area contributed by atoms with Crippen molar-refractivity contribution in [3.05, 3.63) is 5.53 Å². The third-order valence-electron chi connectivity index (χ3n) is 6.25. The number of Topliss-reactive ketones (excluding diaryl/α,β-unsaturated/α-hetero) is 1. The Morgan fingerprint density at radius 2 is 1.62 bits per heavy atom. The van der Waals surface area contributed by atoms with Gasteiger partial charge in [-0.1, -0.05) is 58.3 Å². The zero-order chi connectivity index (χ0) is 19.0. The van der Waals surface area contributed by atoms with Crippen LogP contribution in [0.5, 0.6) is 0 Å². The lowest BCUT2D eigenvalue weighted by atomic mass is 9.85. The molecule has 0 aliphatic heterocycles. The highest BCUT2D eigenvalue weighted by Crippen LogP contribution is 2.33. The second-order valence-corrected chi connectivity index (χ2v) is 10.3. The van der Waals surface area contributed by atoms with Crippen LogP contribution >= 0.6 is 0 Å². The fourth-order valence-electron chi connectivity index (χ4n) is 4.53. The third kappa shape index (κ3) is 5.50. The molecule has 6 heteroatoms. The van der Waals surface area contributed by atoms with E-state index in [0.29, 0.717) is 31.6 Å². The van der Waals surface area contributed by atoms with Crippen LogP contribution in [-0.4, -0.2) is 29.3 Å². The summed E-state index contributed by atoms with van der Waals surface area (Å²) in [5, 5.41) is -1.14. The van der Waals surface area contributed by atoms with Gasteiger partial charge in [0, 0.05) is 5.92 Å². The molecule has 2 aliphatic rings. The third-order valence-corrected chi connectivity index (χ3v) is 8.42. The van der Waals surface area contributed by atoms with Gasteiger partial charge in [0.1, 0.15) is 0 Å². The number of hydrogen-bond acceptors (Lipinski definition) is 3. The molecule has 2 rings (SSSR count). The minimum absolute atomic E-state index is 0.292. The molecule has 2 fully saturated rings. The molecule has 0 aromatic heterocycles. The van der Waals surface area contributed by atoms with Crippen molar-refractivity contribution >= 4 is 20.7 Å². The predicted octanol–water partition coefficient (Wildman–Crippen LogP) is 4.71. The highest BCUT2D eigenvalue weighted by Gasteiger charge is 2.45. The molecule has 0 atom stereocenters. The van der Waals surface area contributed by atoms with Crippen LogP contribution < -0.4 is 0 Å². The first kappa shape index (κ1) is 21.3. The van der Waals surface area contributed by atoms with Gasteiger partial charge in [-0.2, -0.15) is 0 Å². The summed E-state index contributed by atoms with van der Waals surface area (Å²) in [6.45, 7) is 2.20. The molecule has 0 saturated heterocycles. The molecule has 148 valence electrons. The van der Waals surface area contributed by atoms with Crippen molar-refractivity contribution in [2.24, 2.45) is 11.8 Å². The van der Waals surface area contributed by atoms with Gasteiger partial charge in [0.2, 0.25) is 0 Å². The quantitative estimate of drug-likeness (QED) is 0.200. The largest absolute Gasteiger partial charge is 0.447 e. The summed E-state index contributed by atoms with van der Waals surface area (Å²) < 4.78 is 25.8. The molecule has 0 spiro atoms. The maximum atomic E-state index is 12.9. The topological polar surface area (TPSA) is 87.6 Å². The number of carbonyl (C=O) groups is 1. The molecule has 2 aliphatic carbocycles. The fourth-order valence-corrected chi connectivity index (χ4v) is 6.30. The Kier molecular flexibility index (Phi) is 8.49. The maximum absolute atomic E-state index is 12.9. The zero-order valence-corrected chi connectivity index (χ0v) is 17.0. The first-order valence-corrected chi connectivity index (χ1v) is 12.1. The molecule has 2 saturated carbocycles. The van der Waals surface area contributed by atoms with E-state index >= 15 is 0 Å². The summed E-state index contributed by atoms with van der Waals surface area (Å²) in [5.74, 6) is -0.157. The first-order valence-electron chi connectivity index (χ1n) is 10.5. The number of carbonyl (C=O) groups excluding carboxylic acids is 1. The van der Waals surface area contributed by atoms with Crippen LogP contribution in [0, 0.1) is 11.8 Å². The van der Waals surface area contributed by atoms with Crippen molar-refractivity contribution in [1.82, 2.24) is 0 Å². The maximum Gasteiger partial charge on any atom is 0.447 e. The van der Waals surface area contributed by atoms with Gasteiger partial charge in [-0.05, 0) is 44.4 Å². The van der Waals surface area contributed by atoms with Gasteiger partial charge >= 0.3 is 5.04 Å². The van der Waals surface area contributed by atoms with Crippen LogP contribution in [0.4, 0.5) is 0 Å². The lowest BCUT2D eigenvalue weighted by Crippen LogP contribution is -2.39. The second kappa shape index (κ2) is 10.4. The van der Waals surface area contributed by atoms with Gasteiger partial charge in [0.05, 0.1) is 5.25 Å². The van der Waals surface area contributed by atoms with E-state index in [1.807, 2.05) is 0 Å². The lowest BCUT2D eigenvalue weighted by Gasteiger charge is -2.27. The number of ketones is 1. The molecule has 5 nitrogen and oxygen atoms in total. The lowest BCUT2D eigenvalue weighted by molar-refractivity contribution is -0.120. The summed E-state index contributed by atoms with van der Waals surface area (Å²) >= 11 is 0. The van der Waals surface area contributed by atoms with Crippen molar-refractivity contribution in [3.8, 4) is 0 Å². The van der Waals surface area contributed by atoms with Crippen molar-refractivity contribution in [1.29, 1.82) is 0 Å². The molecule has 0 heterocycles. The Balaban J connectivity index is 1.92. The Hall–Kier alpha value is -1.00. The second-order valence-electron chi connectivity index (χ2n) is 8.14. The molecule has 0 aromatic rings. The molecular formula is C20H34N2O3S. The van der Waals surface area contributed by atoms with Gasteiger partial charge in [0.15, 0.2) is 0 Å². The Bertz CT molecular complexity index is 609. The van der Waals surface area contributed by atoms with E-state index in [2.05, 4.69) is 11.7 Å². The van der Waals surface area contributed by atoms with E-state index in [9.17, 15) is 18.7 Å². The predicted molar refractivity (Wildman–Crippen MR) is 104 cm³/mol. The molecule has 26 heavy (non-hydrogen) atoms. The smallest absolute Gasteiger partial charge is 0.360 e. The van der Waals surface area contributed by atoms with Crippen molar-refractivity contribution in [2.75, 3.05) is 0 Å². The summed E-state index contributed by atoms with van der Waals surface area (Å²) in [6.07, 6.45) is 13.5. The summed E-state index contributed by atoms with van der Waals surface area (Å²) in [4.78, 5) is 15.6. The molecule has 0 unspecified atom stereocenters. The van der Waals surface area contributed by atoms with Gasteiger partial charge in [-0.25, -0.2) is 8.42 Å². The molecule has 0 aromatic carbocycles. The van der Waals surface area contributed by atoms with E-state index in [1.54, 1.807) is 0 Å². The molecule has 0 bridgehead atoms. The van der Waals surface area contributed by atoms with E-state index in [0.717, 1.165) is 32.1 Å². The average molecular weight is 383 g/mol. The van der Waals surface area contributed by atoms with E-state index in [1.165, 1.54) is 32.1 Å². The van der Waals surface area contributed by atoms with Crippen molar-refractivity contribution in [2.45, 2.75) is 102 Å². The number of nitrogens with zero attached hydrogens (tertiary/aromatic N) is 2. The van der Waals surface area contributed by atoms with Crippen LogP contribution in [0.3, 0.4) is 0 Å². The minimum Gasteiger partial charge on any atom is -0.360 e. The van der Waals surface area contributed by atoms with E-state index < -0.39 is 25.9 Å². The molecular weight excluding hydrogens is 348 g/mol. The number of hydrogen-bond donors (Lipinski definition) is 0. The molecule has 0 amide bonds. The fraction of sp³-hybridized carbons (Fsp3) is 0.900. The van der Waals surface area contributed by atoms with Crippen LogP contribution in [0.1, 0.15) is 96.8 Å². The normalized spacial score (nSPS) is 24.8. The first-order chi connectivity index (χ1) is 12.5. The van der Waals surface area contributed by atoms with Gasteiger partial charge in [-0.15, -0.1) is 4.79 Å². The Morgan fingerprint density at radius 1 is 0.962 bits per heavy atom. The van der Waals surface area contributed by atoms with Crippen LogP contribution in [0.15, 0.2) is 0 Å². The van der Waals surface area contributed by atoms with Crippen LogP contribution in [-0.2, 0) is 14.6 Å². The van der Waals surface area contributed by atoms with Crippen molar-refractivity contribution < 1.29 is 18.0 Å². The minimum atomic E-state index is -3.82. The van der Waals surface area contributed by atoms with Gasteiger partial charge < -0.3 is 5.53 Å². The summed E-state index contributed by atoms with van der Waals surface area (Å²) in [7, 11) is -3.82. The zero-order valence-electron chi connectivity index (χ0n) is 16.2. The summed E-state index contributed by atoms with van der Waals surface area (Å²) in [5.41, 5.74) is 9.30. The van der Waals surface area contributed by atoms with E-state index in [4.69, 9.17) is 0 Å². The van der Waals surface area contributed by atoms with Crippen molar-refractivity contribution in [3.63, 3.8) is 0 Å². The van der Waals surface area contributed by atoms with Crippen LogP contribution in [0.25, 0.3) is 5.53 Å². The van der Waals surface area contributed by atoms with E-state index in [-0.39, 0.29) is 5.92 Å². The Morgan fingerprint density at radius 3 is 2.19 bits per heavy atom. The van der Waals surface area contributed by atoms with Crippen LogP contribution in [0.2, 0.25) is 0 Å². The Labute approximate surface area is 158 Å². The van der Waals surface area contributed by atoms with Gasteiger partial charge in [-0.3, -0.25) is 4.79 Å². The highest BCUT2D eigenvalue weighted by molar-refractivity contribution is 8.08. The SMILES string of the molecule is CCCCCCC1CCC(S(=O)(=O)C(=[N+]=[N-])C(=O)C2CCCCC2)CC1. The monoisotopic (exact) mass is 382 g/mol. The van der Waals surface area contributed by atoms with Gasteiger partial charge in [0.25, 0.3) is 15.6 Å².